The molecule has 0 heterocycles. The van der Waals surface area contributed by atoms with Crippen molar-refractivity contribution in [2.75, 3.05) is 14.2 Å². The summed E-state index contributed by atoms with van der Waals surface area (Å²) in [4.78, 5) is 11.6. The number of hydrogen-bond acceptors (Lipinski definition) is 3. The summed E-state index contributed by atoms with van der Waals surface area (Å²) in [6.07, 6.45) is 1.03. The summed E-state index contributed by atoms with van der Waals surface area (Å²) in [5, 5.41) is 0. The number of carbonyl (C=O) groups is 1. The van der Waals surface area contributed by atoms with Crippen LogP contribution in [0.15, 0.2) is 12.1 Å². The Morgan fingerprint density at radius 2 is 1.71 bits per heavy atom. The molecule has 0 saturated heterocycles. The average Bonchev–Trinajstić information content (AvgIpc) is 2.35. The van der Waals surface area contributed by atoms with Gasteiger partial charge in [-0.2, -0.15) is 0 Å². The lowest BCUT2D eigenvalue weighted by atomic mass is 9.95. The number of Topliss-reactive ketones (excluding diaryl/α,β-unsaturated/α-hetero) is 1. The molecule has 0 fully saturated rings. The number of rotatable bonds is 5. The Morgan fingerprint density at radius 3 is 2.00 bits per heavy atom. The molecular formula is C14H20O3. The van der Waals surface area contributed by atoms with Crippen LogP contribution in [-0.2, 0) is 0 Å². The maximum Gasteiger partial charge on any atom is 0.167 e. The minimum atomic E-state index is -0.0469. The van der Waals surface area contributed by atoms with Gasteiger partial charge >= 0.3 is 0 Å². The number of carbonyl (C=O) groups excluding carboxylic acids is 1. The van der Waals surface area contributed by atoms with Gasteiger partial charge in [0.25, 0.3) is 0 Å². The Hall–Kier alpha value is -1.51. The van der Waals surface area contributed by atoms with Crippen LogP contribution >= 0.6 is 0 Å². The van der Waals surface area contributed by atoms with Crippen molar-refractivity contribution in [3.05, 3.63) is 23.3 Å². The standard InChI is InChI=1S/C14H20O3/c1-6-9(2)11-7-12(16-4)14(10(3)15)13(8-11)17-5/h7-9H,6H2,1-5H3. The van der Waals surface area contributed by atoms with Gasteiger partial charge in [0.2, 0.25) is 0 Å². The van der Waals surface area contributed by atoms with Crippen LogP contribution in [0.4, 0.5) is 0 Å². The molecule has 94 valence electrons. The van der Waals surface area contributed by atoms with E-state index < -0.39 is 0 Å². The molecule has 0 bridgehead atoms. The zero-order valence-corrected chi connectivity index (χ0v) is 11.2. The van der Waals surface area contributed by atoms with E-state index in [1.807, 2.05) is 12.1 Å². The van der Waals surface area contributed by atoms with Crippen molar-refractivity contribution in [2.45, 2.75) is 33.1 Å². The van der Waals surface area contributed by atoms with E-state index in [1.165, 1.54) is 6.92 Å². The molecule has 1 unspecified atom stereocenters. The Kier molecular flexibility index (Phi) is 4.55. The van der Waals surface area contributed by atoms with Crippen LogP contribution < -0.4 is 9.47 Å². The van der Waals surface area contributed by atoms with Crippen molar-refractivity contribution in [1.82, 2.24) is 0 Å². The molecule has 1 atom stereocenters. The Labute approximate surface area is 103 Å². The number of hydrogen-bond donors (Lipinski definition) is 0. The highest BCUT2D eigenvalue weighted by Crippen LogP contribution is 2.34. The molecule has 3 heteroatoms. The van der Waals surface area contributed by atoms with Crippen LogP contribution in [0, 0.1) is 0 Å². The lowest BCUT2D eigenvalue weighted by molar-refractivity contribution is 0.101. The van der Waals surface area contributed by atoms with Gasteiger partial charge in [-0.05, 0) is 37.0 Å². The van der Waals surface area contributed by atoms with E-state index in [0.717, 1.165) is 12.0 Å². The lowest BCUT2D eigenvalue weighted by Gasteiger charge is -2.16. The summed E-state index contributed by atoms with van der Waals surface area (Å²) in [6.45, 7) is 5.79. The molecule has 0 spiro atoms. The van der Waals surface area contributed by atoms with Crippen LogP contribution in [0.2, 0.25) is 0 Å². The third-order valence-electron chi connectivity index (χ3n) is 3.06. The molecule has 0 aliphatic rings. The van der Waals surface area contributed by atoms with Crippen molar-refractivity contribution >= 4 is 5.78 Å². The van der Waals surface area contributed by atoms with Gasteiger partial charge in [0.15, 0.2) is 5.78 Å². The molecule has 0 N–H and O–H groups in total. The second kappa shape index (κ2) is 5.71. The molecule has 0 aliphatic carbocycles. The van der Waals surface area contributed by atoms with Gasteiger partial charge in [-0.3, -0.25) is 4.79 Å². The number of benzene rings is 1. The third-order valence-corrected chi connectivity index (χ3v) is 3.06. The zero-order chi connectivity index (χ0) is 13.0. The van der Waals surface area contributed by atoms with Gasteiger partial charge < -0.3 is 9.47 Å². The minimum Gasteiger partial charge on any atom is -0.496 e. The SMILES string of the molecule is CCC(C)c1cc(OC)c(C(C)=O)c(OC)c1. The van der Waals surface area contributed by atoms with E-state index in [4.69, 9.17) is 9.47 Å². The molecule has 17 heavy (non-hydrogen) atoms. The Morgan fingerprint density at radius 1 is 1.24 bits per heavy atom. The van der Waals surface area contributed by atoms with Gasteiger partial charge in [-0.25, -0.2) is 0 Å². The smallest absolute Gasteiger partial charge is 0.167 e. The largest absolute Gasteiger partial charge is 0.496 e. The molecule has 1 rings (SSSR count). The number of ether oxygens (including phenoxy) is 2. The molecule has 0 amide bonds. The van der Waals surface area contributed by atoms with E-state index in [0.29, 0.717) is 23.0 Å². The molecule has 1 aromatic rings. The number of ketones is 1. The lowest BCUT2D eigenvalue weighted by Crippen LogP contribution is -2.04. The van der Waals surface area contributed by atoms with E-state index >= 15 is 0 Å². The minimum absolute atomic E-state index is 0.0469. The van der Waals surface area contributed by atoms with Gasteiger partial charge in [-0.1, -0.05) is 13.8 Å². The topological polar surface area (TPSA) is 35.5 Å². The predicted octanol–water partition coefficient (Wildman–Crippen LogP) is 3.42. The quantitative estimate of drug-likeness (QED) is 0.735. The average molecular weight is 236 g/mol. The van der Waals surface area contributed by atoms with Crippen molar-refractivity contribution in [1.29, 1.82) is 0 Å². The predicted molar refractivity (Wildman–Crippen MR) is 68.3 cm³/mol. The van der Waals surface area contributed by atoms with Gasteiger partial charge in [0.05, 0.1) is 14.2 Å². The summed E-state index contributed by atoms with van der Waals surface area (Å²) < 4.78 is 10.6. The molecule has 0 saturated carbocycles. The van der Waals surface area contributed by atoms with Crippen LogP contribution in [-0.4, -0.2) is 20.0 Å². The fourth-order valence-electron chi connectivity index (χ4n) is 1.80. The molecule has 3 nitrogen and oxygen atoms in total. The Bertz CT molecular complexity index is 385. The first-order valence-electron chi connectivity index (χ1n) is 5.81. The van der Waals surface area contributed by atoms with Crippen LogP contribution in [0.3, 0.4) is 0 Å². The third kappa shape index (κ3) is 2.78. The highest BCUT2D eigenvalue weighted by molar-refractivity contribution is 5.99. The summed E-state index contributed by atoms with van der Waals surface area (Å²) in [5.74, 6) is 1.55. The zero-order valence-electron chi connectivity index (χ0n) is 11.2. The van der Waals surface area contributed by atoms with Gasteiger partial charge in [-0.15, -0.1) is 0 Å². The molecule has 0 aromatic heterocycles. The maximum atomic E-state index is 11.6. The fourth-order valence-corrected chi connectivity index (χ4v) is 1.80. The van der Waals surface area contributed by atoms with E-state index in [-0.39, 0.29) is 5.78 Å². The monoisotopic (exact) mass is 236 g/mol. The van der Waals surface area contributed by atoms with E-state index in [2.05, 4.69) is 13.8 Å². The molecule has 0 aliphatic heterocycles. The summed E-state index contributed by atoms with van der Waals surface area (Å²) in [7, 11) is 3.14. The maximum absolute atomic E-state index is 11.6. The molecule has 1 aromatic carbocycles. The normalized spacial score (nSPS) is 12.1. The van der Waals surface area contributed by atoms with Crippen LogP contribution in [0.25, 0.3) is 0 Å². The second-order valence-corrected chi connectivity index (χ2v) is 4.17. The van der Waals surface area contributed by atoms with E-state index in [9.17, 15) is 4.79 Å². The van der Waals surface area contributed by atoms with Gasteiger partial charge in [0, 0.05) is 0 Å². The molecular weight excluding hydrogens is 216 g/mol. The van der Waals surface area contributed by atoms with Crippen LogP contribution in [0.5, 0.6) is 11.5 Å². The van der Waals surface area contributed by atoms with Gasteiger partial charge in [0.1, 0.15) is 17.1 Å². The van der Waals surface area contributed by atoms with Crippen LogP contribution in [0.1, 0.15) is 49.0 Å². The first-order chi connectivity index (χ1) is 8.04. The highest BCUT2D eigenvalue weighted by atomic mass is 16.5. The van der Waals surface area contributed by atoms with Crippen molar-refractivity contribution in [2.24, 2.45) is 0 Å². The highest BCUT2D eigenvalue weighted by Gasteiger charge is 2.18. The first kappa shape index (κ1) is 13.6. The summed E-state index contributed by atoms with van der Waals surface area (Å²) in [5.41, 5.74) is 1.65. The van der Waals surface area contributed by atoms with Crippen molar-refractivity contribution in [3.8, 4) is 11.5 Å². The molecule has 0 radical (unpaired) electrons. The van der Waals surface area contributed by atoms with E-state index in [1.54, 1.807) is 14.2 Å². The first-order valence-corrected chi connectivity index (χ1v) is 5.81. The summed E-state index contributed by atoms with van der Waals surface area (Å²) >= 11 is 0. The second-order valence-electron chi connectivity index (χ2n) is 4.17. The number of methoxy groups -OCH3 is 2. The fraction of sp³-hybridized carbons (Fsp3) is 0.500. The Balaban J connectivity index is 3.38. The van der Waals surface area contributed by atoms with Crippen molar-refractivity contribution in [3.63, 3.8) is 0 Å². The summed E-state index contributed by atoms with van der Waals surface area (Å²) in [6, 6.07) is 3.85. The van der Waals surface area contributed by atoms with Crippen molar-refractivity contribution < 1.29 is 14.3 Å².